The molecule has 0 bridgehead atoms. The quantitative estimate of drug-likeness (QED) is 0.473. The van der Waals surface area contributed by atoms with Gasteiger partial charge in [-0.1, -0.05) is 41.9 Å². The Morgan fingerprint density at radius 2 is 1.93 bits per heavy atom. The van der Waals surface area contributed by atoms with Crippen LogP contribution >= 0.6 is 35.2 Å². The second kappa shape index (κ2) is 9.31. The maximum atomic E-state index is 13.4. The summed E-state index contributed by atoms with van der Waals surface area (Å²) in [5.41, 5.74) is 1.94. The average molecular weight is 419 g/mol. The van der Waals surface area contributed by atoms with Crippen molar-refractivity contribution < 1.29 is 4.39 Å². The predicted octanol–water partition coefficient (Wildman–Crippen LogP) is 6.29. The van der Waals surface area contributed by atoms with E-state index < -0.39 is 5.82 Å². The Bertz CT molecular complexity index is 912. The number of thiocarbonyl (C=S) groups is 1. The van der Waals surface area contributed by atoms with E-state index in [2.05, 4.69) is 41.4 Å². The first-order valence-corrected chi connectivity index (χ1v) is 10.2. The fraction of sp³-hybridized carbons (Fsp3) is 0.190. The number of aryl methyl sites for hydroxylation is 1. The smallest absolute Gasteiger partial charge is 0.173 e. The molecule has 0 unspecified atom stereocenters. The van der Waals surface area contributed by atoms with E-state index in [1.807, 2.05) is 18.2 Å². The molecule has 3 aromatic rings. The molecule has 0 amide bonds. The zero-order valence-electron chi connectivity index (χ0n) is 14.9. The molecule has 1 heterocycles. The highest BCUT2D eigenvalue weighted by atomic mass is 35.5. The third-order valence-corrected chi connectivity index (χ3v) is 5.75. The molecule has 1 N–H and O–H groups in total. The molecule has 27 heavy (non-hydrogen) atoms. The van der Waals surface area contributed by atoms with Gasteiger partial charge in [0, 0.05) is 22.0 Å². The molecule has 0 aliphatic heterocycles. The molecule has 1 aromatic heterocycles. The number of thiophene rings is 1. The first-order chi connectivity index (χ1) is 13.0. The van der Waals surface area contributed by atoms with Crippen LogP contribution in [0.4, 0.5) is 10.1 Å². The molecule has 0 aliphatic carbocycles. The van der Waals surface area contributed by atoms with E-state index in [0.717, 1.165) is 19.5 Å². The predicted molar refractivity (Wildman–Crippen MR) is 117 cm³/mol. The van der Waals surface area contributed by atoms with Crippen molar-refractivity contribution in [3.63, 3.8) is 0 Å². The van der Waals surface area contributed by atoms with Crippen molar-refractivity contribution in [2.45, 2.75) is 19.9 Å². The van der Waals surface area contributed by atoms with Gasteiger partial charge >= 0.3 is 0 Å². The Hall–Kier alpha value is -1.95. The van der Waals surface area contributed by atoms with Crippen molar-refractivity contribution >= 4 is 46.0 Å². The van der Waals surface area contributed by atoms with E-state index in [9.17, 15) is 4.39 Å². The van der Waals surface area contributed by atoms with Crippen LogP contribution in [0, 0.1) is 12.7 Å². The second-order valence-electron chi connectivity index (χ2n) is 6.23. The average Bonchev–Trinajstić information content (AvgIpc) is 3.07. The second-order valence-corrected chi connectivity index (χ2v) is 8.39. The molecule has 0 saturated carbocycles. The molecule has 0 atom stereocenters. The summed E-state index contributed by atoms with van der Waals surface area (Å²) < 4.78 is 13.4. The lowest BCUT2D eigenvalue weighted by molar-refractivity contribution is 0.427. The van der Waals surface area contributed by atoms with Gasteiger partial charge in [-0.05, 0) is 61.5 Å². The molecular formula is C21H20ClFN2S2. The fourth-order valence-corrected chi connectivity index (χ4v) is 4.06. The molecule has 2 aromatic carbocycles. The summed E-state index contributed by atoms with van der Waals surface area (Å²) >= 11 is 13.3. The Kier molecular flexibility index (Phi) is 6.83. The van der Waals surface area contributed by atoms with E-state index in [1.165, 1.54) is 21.4 Å². The van der Waals surface area contributed by atoms with E-state index >= 15 is 0 Å². The summed E-state index contributed by atoms with van der Waals surface area (Å²) in [7, 11) is 0. The van der Waals surface area contributed by atoms with Crippen LogP contribution in [-0.2, 0) is 13.0 Å². The van der Waals surface area contributed by atoms with Crippen molar-refractivity contribution in [1.82, 2.24) is 4.90 Å². The van der Waals surface area contributed by atoms with Crippen molar-refractivity contribution in [1.29, 1.82) is 0 Å². The van der Waals surface area contributed by atoms with Crippen molar-refractivity contribution in [3.8, 4) is 0 Å². The molecule has 0 fully saturated rings. The first-order valence-electron chi connectivity index (χ1n) is 8.61. The number of benzene rings is 2. The van der Waals surface area contributed by atoms with Crippen LogP contribution in [0.15, 0.2) is 60.7 Å². The van der Waals surface area contributed by atoms with Gasteiger partial charge < -0.3 is 10.2 Å². The highest BCUT2D eigenvalue weighted by Gasteiger charge is 2.13. The molecule has 3 rings (SSSR count). The largest absolute Gasteiger partial charge is 0.344 e. The third-order valence-electron chi connectivity index (χ3n) is 4.11. The fourth-order valence-electron chi connectivity index (χ4n) is 2.70. The summed E-state index contributed by atoms with van der Waals surface area (Å²) in [6, 6.07) is 19.1. The van der Waals surface area contributed by atoms with Crippen molar-refractivity contribution in [3.05, 3.63) is 86.8 Å². The summed E-state index contributed by atoms with van der Waals surface area (Å²) in [6.45, 7) is 3.60. The number of nitrogens with one attached hydrogen (secondary N) is 1. The Morgan fingerprint density at radius 3 is 2.59 bits per heavy atom. The minimum absolute atomic E-state index is 0.0764. The number of rotatable bonds is 6. The molecule has 6 heteroatoms. The molecular weight excluding hydrogens is 399 g/mol. The highest BCUT2D eigenvalue weighted by molar-refractivity contribution is 7.80. The van der Waals surface area contributed by atoms with Gasteiger partial charge in [-0.3, -0.25) is 0 Å². The zero-order valence-corrected chi connectivity index (χ0v) is 17.3. The summed E-state index contributed by atoms with van der Waals surface area (Å²) in [4.78, 5) is 4.66. The molecule has 0 radical (unpaired) electrons. The van der Waals surface area contributed by atoms with Crippen LogP contribution in [0.3, 0.4) is 0 Å². The summed E-state index contributed by atoms with van der Waals surface area (Å²) in [5, 5.41) is 3.86. The maximum absolute atomic E-state index is 13.4. The number of hydrogen-bond donors (Lipinski definition) is 1. The van der Waals surface area contributed by atoms with E-state index in [1.54, 1.807) is 23.5 Å². The van der Waals surface area contributed by atoms with Gasteiger partial charge in [0.2, 0.25) is 0 Å². The molecule has 0 saturated heterocycles. The lowest BCUT2D eigenvalue weighted by Gasteiger charge is -2.25. The maximum Gasteiger partial charge on any atom is 0.173 e. The van der Waals surface area contributed by atoms with Crippen LogP contribution in [0.1, 0.15) is 15.3 Å². The van der Waals surface area contributed by atoms with Gasteiger partial charge in [-0.2, -0.15) is 0 Å². The lowest BCUT2D eigenvalue weighted by atomic mass is 10.1. The third kappa shape index (κ3) is 5.76. The van der Waals surface area contributed by atoms with E-state index in [-0.39, 0.29) is 5.02 Å². The molecule has 2 nitrogen and oxygen atoms in total. The zero-order chi connectivity index (χ0) is 19.2. The molecule has 0 aliphatic rings. The topological polar surface area (TPSA) is 15.3 Å². The van der Waals surface area contributed by atoms with Crippen LogP contribution in [0.2, 0.25) is 5.02 Å². The molecule has 0 spiro atoms. The van der Waals surface area contributed by atoms with Gasteiger partial charge in [0.05, 0.1) is 11.6 Å². The molecule has 140 valence electrons. The standard InChI is InChI=1S/C21H20ClFN2S2/c1-15-7-9-18(27-15)14-25(12-11-16-5-3-2-4-6-16)21(26)24-17-8-10-20(23)19(22)13-17/h2-10,13H,11-12,14H2,1H3,(H,24,26). The number of nitrogens with zero attached hydrogens (tertiary/aromatic N) is 1. The van der Waals surface area contributed by atoms with Crippen LogP contribution in [0.5, 0.6) is 0 Å². The number of halogens is 2. The minimum atomic E-state index is -0.442. The first kappa shape index (κ1) is 19.8. The Labute approximate surface area is 173 Å². The van der Waals surface area contributed by atoms with Crippen LogP contribution in [0.25, 0.3) is 0 Å². The Morgan fingerprint density at radius 1 is 1.15 bits per heavy atom. The highest BCUT2D eigenvalue weighted by Crippen LogP contribution is 2.21. The Balaban J connectivity index is 1.72. The van der Waals surface area contributed by atoms with Gasteiger partial charge in [0.1, 0.15) is 5.82 Å². The van der Waals surface area contributed by atoms with Gasteiger partial charge in [0.25, 0.3) is 0 Å². The van der Waals surface area contributed by atoms with E-state index in [0.29, 0.717) is 10.8 Å². The normalized spacial score (nSPS) is 10.6. The van der Waals surface area contributed by atoms with Crippen molar-refractivity contribution in [2.75, 3.05) is 11.9 Å². The SMILES string of the molecule is Cc1ccc(CN(CCc2ccccc2)C(=S)Nc2ccc(F)c(Cl)c2)s1. The summed E-state index contributed by atoms with van der Waals surface area (Å²) in [6.07, 6.45) is 0.886. The van der Waals surface area contributed by atoms with E-state index in [4.69, 9.17) is 23.8 Å². The lowest BCUT2D eigenvalue weighted by Crippen LogP contribution is -2.35. The van der Waals surface area contributed by atoms with Gasteiger partial charge in [0.15, 0.2) is 5.11 Å². The van der Waals surface area contributed by atoms with Crippen LogP contribution < -0.4 is 5.32 Å². The van der Waals surface area contributed by atoms with Crippen molar-refractivity contribution in [2.24, 2.45) is 0 Å². The number of hydrogen-bond acceptors (Lipinski definition) is 2. The number of anilines is 1. The van der Waals surface area contributed by atoms with Gasteiger partial charge in [-0.25, -0.2) is 4.39 Å². The monoisotopic (exact) mass is 418 g/mol. The van der Waals surface area contributed by atoms with Gasteiger partial charge in [-0.15, -0.1) is 11.3 Å². The minimum Gasteiger partial charge on any atom is -0.344 e. The summed E-state index contributed by atoms with van der Waals surface area (Å²) in [5.74, 6) is -0.442. The van der Waals surface area contributed by atoms with Crippen LogP contribution in [-0.4, -0.2) is 16.6 Å².